The lowest BCUT2D eigenvalue weighted by atomic mass is 9.85. The van der Waals surface area contributed by atoms with Gasteiger partial charge in [-0.25, -0.2) is 4.39 Å². The fourth-order valence-corrected chi connectivity index (χ4v) is 3.17. The zero-order valence-corrected chi connectivity index (χ0v) is 12.4. The summed E-state index contributed by atoms with van der Waals surface area (Å²) >= 11 is 0. The number of fused-ring (bicyclic) bond motifs is 1. The molecule has 0 amide bonds. The summed E-state index contributed by atoms with van der Waals surface area (Å²) in [6, 6.07) is 12.1. The SMILES string of the molecule is O=C(O)C(Cc1ccc(F)cc1)c1ccc2c(c1)CCCC2. The Morgan fingerprint density at radius 1 is 1.05 bits per heavy atom. The van der Waals surface area contributed by atoms with E-state index in [4.69, 9.17) is 0 Å². The fourth-order valence-electron chi connectivity index (χ4n) is 3.17. The Kier molecular flexibility index (Phi) is 4.23. The molecular weight excluding hydrogens is 279 g/mol. The summed E-state index contributed by atoms with van der Waals surface area (Å²) in [4.78, 5) is 11.7. The van der Waals surface area contributed by atoms with E-state index in [1.54, 1.807) is 12.1 Å². The van der Waals surface area contributed by atoms with Crippen molar-refractivity contribution in [2.24, 2.45) is 0 Å². The number of aliphatic carboxylic acids is 1. The predicted octanol–water partition coefficient (Wildman–Crippen LogP) is 4.12. The predicted molar refractivity (Wildman–Crippen MR) is 83.6 cm³/mol. The minimum atomic E-state index is -0.833. The summed E-state index contributed by atoms with van der Waals surface area (Å²) in [5.74, 6) is -1.72. The molecule has 2 nitrogen and oxygen atoms in total. The van der Waals surface area contributed by atoms with Crippen molar-refractivity contribution in [3.05, 3.63) is 70.5 Å². The number of rotatable bonds is 4. The number of hydrogen-bond donors (Lipinski definition) is 1. The van der Waals surface area contributed by atoms with Crippen LogP contribution < -0.4 is 0 Å². The molecule has 114 valence electrons. The first-order valence-corrected chi connectivity index (χ1v) is 7.72. The molecule has 1 N–H and O–H groups in total. The lowest BCUT2D eigenvalue weighted by Crippen LogP contribution is -2.15. The van der Waals surface area contributed by atoms with Crippen molar-refractivity contribution in [2.45, 2.75) is 38.0 Å². The second-order valence-corrected chi connectivity index (χ2v) is 5.96. The number of carboxylic acids is 1. The molecular formula is C19H19FO2. The average molecular weight is 298 g/mol. The fraction of sp³-hybridized carbons (Fsp3) is 0.316. The molecule has 0 radical (unpaired) electrons. The lowest BCUT2D eigenvalue weighted by Gasteiger charge is -2.19. The van der Waals surface area contributed by atoms with Crippen LogP contribution in [-0.4, -0.2) is 11.1 Å². The van der Waals surface area contributed by atoms with E-state index in [1.807, 2.05) is 6.07 Å². The van der Waals surface area contributed by atoms with Crippen LogP contribution in [0.1, 0.15) is 41.0 Å². The normalized spacial score (nSPS) is 15.1. The summed E-state index contributed by atoms with van der Waals surface area (Å²) in [6.45, 7) is 0. The first kappa shape index (κ1) is 14.8. The van der Waals surface area contributed by atoms with Crippen molar-refractivity contribution in [2.75, 3.05) is 0 Å². The van der Waals surface area contributed by atoms with Crippen LogP contribution >= 0.6 is 0 Å². The summed E-state index contributed by atoms with van der Waals surface area (Å²) < 4.78 is 13.0. The Labute approximate surface area is 129 Å². The minimum Gasteiger partial charge on any atom is -0.481 e. The van der Waals surface area contributed by atoms with Crippen LogP contribution in [0.3, 0.4) is 0 Å². The molecule has 0 saturated carbocycles. The molecule has 2 aromatic carbocycles. The maximum Gasteiger partial charge on any atom is 0.311 e. The summed E-state index contributed by atoms with van der Waals surface area (Å²) in [5, 5.41) is 9.57. The quantitative estimate of drug-likeness (QED) is 0.922. The Morgan fingerprint density at radius 3 is 2.41 bits per heavy atom. The minimum absolute atomic E-state index is 0.301. The molecule has 3 rings (SSSR count). The molecule has 0 aromatic heterocycles. The van der Waals surface area contributed by atoms with Gasteiger partial charge in [-0.3, -0.25) is 4.79 Å². The lowest BCUT2D eigenvalue weighted by molar-refractivity contribution is -0.138. The van der Waals surface area contributed by atoms with Gasteiger partial charge in [0.2, 0.25) is 0 Å². The van der Waals surface area contributed by atoms with Crippen LogP contribution in [0.25, 0.3) is 0 Å². The first-order chi connectivity index (χ1) is 10.6. The van der Waals surface area contributed by atoms with Gasteiger partial charge in [0.1, 0.15) is 5.82 Å². The van der Waals surface area contributed by atoms with Crippen LogP contribution in [0.15, 0.2) is 42.5 Å². The largest absolute Gasteiger partial charge is 0.481 e. The number of benzene rings is 2. The van der Waals surface area contributed by atoms with E-state index in [0.29, 0.717) is 6.42 Å². The number of aryl methyl sites for hydroxylation is 2. The van der Waals surface area contributed by atoms with E-state index < -0.39 is 11.9 Å². The summed E-state index contributed by atoms with van der Waals surface area (Å²) in [6.07, 6.45) is 4.89. The molecule has 2 aromatic rings. The Hall–Kier alpha value is -2.16. The number of carbonyl (C=O) groups is 1. The molecule has 1 aliphatic carbocycles. The van der Waals surface area contributed by atoms with Gasteiger partial charge >= 0.3 is 5.97 Å². The van der Waals surface area contributed by atoms with Crippen molar-refractivity contribution in [3.63, 3.8) is 0 Å². The smallest absolute Gasteiger partial charge is 0.311 e. The Morgan fingerprint density at radius 2 is 1.73 bits per heavy atom. The second-order valence-electron chi connectivity index (χ2n) is 5.96. The van der Waals surface area contributed by atoms with Gasteiger partial charge < -0.3 is 5.11 Å². The van der Waals surface area contributed by atoms with Crippen LogP contribution in [0.2, 0.25) is 0 Å². The maximum atomic E-state index is 13.0. The summed E-state index contributed by atoms with van der Waals surface area (Å²) in [7, 11) is 0. The van der Waals surface area contributed by atoms with Crippen molar-refractivity contribution >= 4 is 5.97 Å². The molecule has 0 spiro atoms. The average Bonchev–Trinajstić information content (AvgIpc) is 2.53. The number of halogens is 1. The molecule has 0 saturated heterocycles. The van der Waals surface area contributed by atoms with Crippen molar-refractivity contribution in [3.8, 4) is 0 Å². The first-order valence-electron chi connectivity index (χ1n) is 7.72. The van der Waals surface area contributed by atoms with Gasteiger partial charge in [-0.2, -0.15) is 0 Å². The molecule has 0 bridgehead atoms. The third-order valence-electron chi connectivity index (χ3n) is 4.43. The number of carboxylic acid groups (broad SMARTS) is 1. The van der Waals surface area contributed by atoms with E-state index in [9.17, 15) is 14.3 Å². The molecule has 1 aliphatic rings. The van der Waals surface area contributed by atoms with Crippen LogP contribution in [-0.2, 0) is 24.1 Å². The van der Waals surface area contributed by atoms with Gasteiger partial charge in [0.25, 0.3) is 0 Å². The van der Waals surface area contributed by atoms with E-state index in [0.717, 1.165) is 24.0 Å². The van der Waals surface area contributed by atoms with Gasteiger partial charge in [0.05, 0.1) is 5.92 Å². The van der Waals surface area contributed by atoms with Gasteiger partial charge in [-0.15, -0.1) is 0 Å². The maximum absolute atomic E-state index is 13.0. The Balaban J connectivity index is 1.87. The monoisotopic (exact) mass is 298 g/mol. The molecule has 22 heavy (non-hydrogen) atoms. The van der Waals surface area contributed by atoms with Crippen molar-refractivity contribution in [1.82, 2.24) is 0 Å². The highest BCUT2D eigenvalue weighted by Gasteiger charge is 2.22. The van der Waals surface area contributed by atoms with Crippen LogP contribution in [0, 0.1) is 5.82 Å². The zero-order chi connectivity index (χ0) is 15.5. The highest BCUT2D eigenvalue weighted by molar-refractivity contribution is 5.76. The topological polar surface area (TPSA) is 37.3 Å². The molecule has 1 atom stereocenters. The van der Waals surface area contributed by atoms with Crippen molar-refractivity contribution in [1.29, 1.82) is 0 Å². The Bertz CT molecular complexity index is 676. The standard InChI is InChI=1S/C19H19FO2/c20-17-9-5-13(6-10-17)11-18(19(21)22)16-8-7-14-3-1-2-4-15(14)12-16/h5-10,12,18H,1-4,11H2,(H,21,22). The number of hydrogen-bond acceptors (Lipinski definition) is 1. The molecule has 0 heterocycles. The highest BCUT2D eigenvalue weighted by atomic mass is 19.1. The summed E-state index contributed by atoms with van der Waals surface area (Å²) in [5.41, 5.74) is 4.32. The van der Waals surface area contributed by atoms with Gasteiger partial charge in [-0.1, -0.05) is 30.3 Å². The van der Waals surface area contributed by atoms with E-state index in [1.165, 1.54) is 36.1 Å². The third-order valence-corrected chi connectivity index (χ3v) is 4.43. The van der Waals surface area contributed by atoms with E-state index >= 15 is 0 Å². The van der Waals surface area contributed by atoms with Crippen LogP contribution in [0.5, 0.6) is 0 Å². The highest BCUT2D eigenvalue weighted by Crippen LogP contribution is 2.28. The zero-order valence-electron chi connectivity index (χ0n) is 12.4. The third kappa shape index (κ3) is 3.19. The molecule has 3 heteroatoms. The second kappa shape index (κ2) is 6.30. The van der Waals surface area contributed by atoms with Gasteiger partial charge in [0, 0.05) is 0 Å². The molecule has 1 unspecified atom stereocenters. The molecule has 0 fully saturated rings. The van der Waals surface area contributed by atoms with Crippen LogP contribution in [0.4, 0.5) is 4.39 Å². The van der Waals surface area contributed by atoms with E-state index in [-0.39, 0.29) is 5.82 Å². The van der Waals surface area contributed by atoms with Gasteiger partial charge in [-0.05, 0) is 66.5 Å². The van der Waals surface area contributed by atoms with Gasteiger partial charge in [0.15, 0.2) is 0 Å². The van der Waals surface area contributed by atoms with Crippen molar-refractivity contribution < 1.29 is 14.3 Å². The van der Waals surface area contributed by atoms with E-state index in [2.05, 4.69) is 12.1 Å². The molecule has 0 aliphatic heterocycles.